The Morgan fingerprint density at radius 2 is 1.78 bits per heavy atom. The molecule has 2 aliphatic rings. The van der Waals surface area contributed by atoms with Crippen LogP contribution in [-0.2, 0) is 33.7 Å². The zero-order valence-electron chi connectivity index (χ0n) is 32.3. The topological polar surface area (TPSA) is 286 Å². The van der Waals surface area contributed by atoms with Gasteiger partial charge in [0, 0.05) is 55.9 Å². The Morgan fingerprint density at radius 1 is 0.983 bits per heavy atom. The molecule has 0 radical (unpaired) electrons. The molecule has 59 heavy (non-hydrogen) atoms. The Balaban J connectivity index is 1.10. The molecule has 7 aromatic rings. The van der Waals surface area contributed by atoms with Gasteiger partial charge in [0.1, 0.15) is 22.4 Å². The molecule has 1 amide bonds. The Kier molecular flexibility index (Phi) is 9.53. The monoisotopic (exact) mass is 800 g/mol. The summed E-state index contributed by atoms with van der Waals surface area (Å²) in [7, 11) is 0. The highest BCUT2D eigenvalue weighted by Crippen LogP contribution is 2.50. The molecule has 304 valence electrons. The molecule has 18 heteroatoms. The van der Waals surface area contributed by atoms with Gasteiger partial charge in [-0.1, -0.05) is 0 Å². The lowest BCUT2D eigenvalue weighted by atomic mass is 9.91. The van der Waals surface area contributed by atoms with E-state index in [0.717, 1.165) is 22.5 Å². The van der Waals surface area contributed by atoms with Crippen LogP contribution in [0.25, 0.3) is 55.8 Å². The number of hydrogen-bond acceptors (Lipinski definition) is 12. The number of aromatic nitrogens is 6. The molecule has 0 bridgehead atoms. The number of nitrogens with two attached hydrogens (primary N) is 3. The Hall–Kier alpha value is -6.76. The summed E-state index contributed by atoms with van der Waals surface area (Å²) in [4.78, 5) is 56.3. The molecule has 9 rings (SSSR count). The van der Waals surface area contributed by atoms with Crippen molar-refractivity contribution < 1.29 is 23.8 Å². The van der Waals surface area contributed by atoms with Crippen molar-refractivity contribution >= 4 is 67.8 Å². The van der Waals surface area contributed by atoms with Crippen molar-refractivity contribution in [2.45, 2.75) is 58.2 Å². The van der Waals surface area contributed by atoms with Gasteiger partial charge in [0.05, 0.1) is 44.9 Å². The Labute approximate surface area is 335 Å². The molecule has 1 atom stereocenters. The number of rotatable bonds is 16. The second-order valence-corrected chi connectivity index (χ2v) is 14.9. The summed E-state index contributed by atoms with van der Waals surface area (Å²) in [5.41, 5.74) is 26.1. The van der Waals surface area contributed by atoms with Gasteiger partial charge >= 0.3 is 11.6 Å². The van der Waals surface area contributed by atoms with Crippen LogP contribution in [0.1, 0.15) is 65.6 Å². The SMILES string of the molecule is Cc1ccnc(-c2cc(CCCC(=O)NCCC3=C(C(=O)O)C4OC(=N)c5c(NCCN)c(CN)c6c(=O)oc7[nH]c(CCCN)c8[nH]c3c3n4c5c6c7n83)ccn2)c1. The Bertz CT molecular complexity index is 2960. The number of H-pyrrole nitrogens is 2. The smallest absolute Gasteiger partial charge is 0.346 e. The van der Waals surface area contributed by atoms with Crippen LogP contribution in [0, 0.1) is 12.3 Å². The molecule has 0 fully saturated rings. The first-order valence-corrected chi connectivity index (χ1v) is 19.7. The summed E-state index contributed by atoms with van der Waals surface area (Å²) in [6.45, 7) is 3.01. The molecule has 2 aliphatic heterocycles. The summed E-state index contributed by atoms with van der Waals surface area (Å²) >= 11 is 0. The van der Waals surface area contributed by atoms with E-state index >= 15 is 0 Å². The predicted molar refractivity (Wildman–Crippen MR) is 222 cm³/mol. The van der Waals surface area contributed by atoms with E-state index in [1.807, 2.05) is 35.6 Å². The van der Waals surface area contributed by atoms with Crippen molar-refractivity contribution in [2.24, 2.45) is 17.2 Å². The molecule has 12 N–H and O–H groups in total. The average Bonchev–Trinajstić information content (AvgIpc) is 3.63. The van der Waals surface area contributed by atoms with Gasteiger partial charge in [-0.05, 0) is 86.5 Å². The first-order chi connectivity index (χ1) is 28.6. The minimum Gasteiger partial charge on any atom is -0.478 e. The highest BCUT2D eigenvalue weighted by atomic mass is 16.5. The van der Waals surface area contributed by atoms with E-state index in [4.69, 9.17) is 26.4 Å². The number of aromatic amines is 2. The molecular formula is C41H44N12O6. The van der Waals surface area contributed by atoms with Crippen molar-refractivity contribution in [3.05, 3.63) is 86.3 Å². The van der Waals surface area contributed by atoms with E-state index in [1.165, 1.54) is 0 Å². The van der Waals surface area contributed by atoms with Gasteiger partial charge in [0.25, 0.3) is 0 Å². The number of aliphatic carboxylic acids is 1. The standard InChI is InChI=1S/C41H44N12O6/c1-19-7-12-46-24(16-19)25-17-20(8-13-47-25)4-2-6-26(54)48-14-9-21-28(40(55)56)39-53-33-29-27(22(18-44)31(49-15-11-43)30(33)35(45)58-39)41(57)59-37-34(29)52-36(51-32(21)38(52)53)23(50-37)5-3-10-42/h7-8,12-13,16-17,39,45,49-51H,2-6,9-11,14-15,18,42-44H2,1H3,(H,48,54)(H,55,56). The summed E-state index contributed by atoms with van der Waals surface area (Å²) in [6, 6.07) is 7.83. The number of anilines is 1. The number of pyridine rings is 2. The fourth-order valence-electron chi connectivity index (χ4n) is 8.72. The van der Waals surface area contributed by atoms with E-state index in [0.29, 0.717) is 100 Å². The van der Waals surface area contributed by atoms with E-state index in [2.05, 4.69) is 30.6 Å². The largest absolute Gasteiger partial charge is 0.478 e. The van der Waals surface area contributed by atoms with Crippen LogP contribution < -0.4 is 33.5 Å². The normalized spacial score (nSPS) is 14.7. The third-order valence-electron chi connectivity index (χ3n) is 11.2. The van der Waals surface area contributed by atoms with Gasteiger partial charge in [-0.3, -0.25) is 29.1 Å². The van der Waals surface area contributed by atoms with Crippen LogP contribution in [0.2, 0.25) is 0 Å². The lowest BCUT2D eigenvalue weighted by molar-refractivity contribution is -0.134. The molecule has 18 nitrogen and oxygen atoms in total. The average molecular weight is 801 g/mol. The number of carbonyl (C=O) groups excluding carboxylic acids is 1. The molecule has 8 heterocycles. The summed E-state index contributed by atoms with van der Waals surface area (Å²) in [6.07, 6.45) is 4.94. The van der Waals surface area contributed by atoms with Gasteiger partial charge in [-0.25, -0.2) is 9.59 Å². The molecule has 0 aliphatic carbocycles. The number of aryl methyl sites for hydroxylation is 3. The number of nitrogens with one attached hydrogen (secondary N) is 5. The zero-order valence-corrected chi connectivity index (χ0v) is 32.3. The number of carbonyl (C=O) groups is 2. The van der Waals surface area contributed by atoms with Gasteiger partial charge in [0.15, 0.2) is 0 Å². The Morgan fingerprint density at radius 3 is 2.53 bits per heavy atom. The van der Waals surface area contributed by atoms with Crippen LogP contribution in [0.3, 0.4) is 0 Å². The molecule has 0 saturated carbocycles. The van der Waals surface area contributed by atoms with Crippen molar-refractivity contribution in [3.63, 3.8) is 0 Å². The molecule has 1 aromatic carbocycles. The third kappa shape index (κ3) is 6.06. The van der Waals surface area contributed by atoms with Crippen molar-refractivity contribution in [1.82, 2.24) is 34.2 Å². The van der Waals surface area contributed by atoms with Crippen LogP contribution in [0.4, 0.5) is 5.69 Å². The first kappa shape index (κ1) is 37.8. The third-order valence-corrected chi connectivity index (χ3v) is 11.2. The number of carboxylic acids is 1. The summed E-state index contributed by atoms with van der Waals surface area (Å²) in [5.74, 6) is -1.73. The number of benzene rings is 1. The van der Waals surface area contributed by atoms with Gasteiger partial charge in [-0.2, -0.15) is 0 Å². The minimum atomic E-state index is -1.29. The van der Waals surface area contributed by atoms with Crippen LogP contribution in [0.15, 0.2) is 51.4 Å². The lowest BCUT2D eigenvalue weighted by Crippen LogP contribution is -2.35. The number of nitrogens with zero attached hydrogens (tertiary/aromatic N) is 4. The second-order valence-electron chi connectivity index (χ2n) is 14.9. The quantitative estimate of drug-likeness (QED) is 0.0635. The molecular weight excluding hydrogens is 757 g/mol. The van der Waals surface area contributed by atoms with E-state index in [-0.39, 0.29) is 61.0 Å². The first-order valence-electron chi connectivity index (χ1n) is 19.7. The van der Waals surface area contributed by atoms with Gasteiger partial charge < -0.3 is 52.1 Å². The summed E-state index contributed by atoms with van der Waals surface area (Å²) in [5, 5.41) is 27.1. The number of imidazole rings is 1. The maximum absolute atomic E-state index is 14.0. The highest BCUT2D eigenvalue weighted by molar-refractivity contribution is 6.24. The minimum absolute atomic E-state index is 0.0759. The van der Waals surface area contributed by atoms with Gasteiger partial charge in [-0.15, -0.1) is 0 Å². The van der Waals surface area contributed by atoms with Crippen molar-refractivity contribution in [2.75, 3.05) is 31.5 Å². The van der Waals surface area contributed by atoms with Crippen LogP contribution in [0.5, 0.6) is 0 Å². The molecule has 1 unspecified atom stereocenters. The maximum Gasteiger partial charge on any atom is 0.346 e. The van der Waals surface area contributed by atoms with E-state index in [1.54, 1.807) is 17.0 Å². The number of hydrogen-bond donors (Lipinski definition) is 9. The van der Waals surface area contributed by atoms with Crippen LogP contribution >= 0.6 is 0 Å². The molecule has 0 saturated heterocycles. The maximum atomic E-state index is 14.0. The number of ether oxygens (including phenoxy) is 1. The van der Waals surface area contributed by atoms with E-state index < -0.39 is 17.8 Å². The number of amides is 1. The highest BCUT2D eigenvalue weighted by Gasteiger charge is 2.44. The number of carboxylic acid groups (broad SMARTS) is 1. The lowest BCUT2D eigenvalue weighted by Gasteiger charge is -2.37. The van der Waals surface area contributed by atoms with Crippen LogP contribution in [-0.4, -0.2) is 78.0 Å². The van der Waals surface area contributed by atoms with Crippen molar-refractivity contribution in [1.29, 1.82) is 5.41 Å². The predicted octanol–water partition coefficient (Wildman–Crippen LogP) is 3.53. The zero-order chi connectivity index (χ0) is 41.1. The van der Waals surface area contributed by atoms with Crippen molar-refractivity contribution in [3.8, 4) is 11.4 Å². The van der Waals surface area contributed by atoms with E-state index in [9.17, 15) is 24.9 Å². The molecule has 6 aromatic heterocycles. The summed E-state index contributed by atoms with van der Waals surface area (Å²) < 4.78 is 16.0. The fourth-order valence-corrected chi connectivity index (χ4v) is 8.72. The molecule has 0 spiro atoms. The fraction of sp³-hybridized carbons (Fsp3) is 0.317. The van der Waals surface area contributed by atoms with Gasteiger partial charge in [0.2, 0.25) is 23.7 Å². The second kappa shape index (κ2) is 14.9.